The molecule has 2 aliphatic heterocycles. The van der Waals surface area contributed by atoms with E-state index in [9.17, 15) is 4.79 Å². The van der Waals surface area contributed by atoms with Crippen molar-refractivity contribution in [1.29, 1.82) is 0 Å². The molecule has 0 aromatic heterocycles. The van der Waals surface area contributed by atoms with Gasteiger partial charge in [0.2, 0.25) is 0 Å². The van der Waals surface area contributed by atoms with E-state index in [0.29, 0.717) is 17.9 Å². The highest BCUT2D eigenvalue weighted by Crippen LogP contribution is 2.81. The highest BCUT2D eigenvalue weighted by molar-refractivity contribution is 5.82. The minimum absolute atomic E-state index is 0.0340. The van der Waals surface area contributed by atoms with Crippen LogP contribution >= 0.6 is 0 Å². The molecule has 3 spiro atoms. The van der Waals surface area contributed by atoms with Crippen LogP contribution in [0.4, 0.5) is 5.69 Å². The number of carbonyl (C=O) groups excluding carboxylic acids is 1. The van der Waals surface area contributed by atoms with Gasteiger partial charge in [-0.25, -0.2) is 0 Å². The Kier molecular flexibility index (Phi) is 2.37. The van der Waals surface area contributed by atoms with Crippen molar-refractivity contribution in [3.63, 3.8) is 0 Å². The molecule has 4 heteroatoms. The Bertz CT molecular complexity index is 835. The summed E-state index contributed by atoms with van der Waals surface area (Å²) in [6.07, 6.45) is 8.06. The van der Waals surface area contributed by atoms with Gasteiger partial charge in [-0.2, -0.15) is 0 Å². The molecule has 130 valence electrons. The van der Waals surface area contributed by atoms with E-state index in [0.717, 1.165) is 6.42 Å². The van der Waals surface area contributed by atoms with Crippen LogP contribution in [0.2, 0.25) is 0 Å². The van der Waals surface area contributed by atoms with E-state index in [1.165, 1.54) is 24.1 Å². The van der Waals surface area contributed by atoms with E-state index in [1.807, 2.05) is 0 Å². The van der Waals surface area contributed by atoms with Gasteiger partial charge in [0, 0.05) is 28.9 Å². The molecule has 7 atom stereocenters. The summed E-state index contributed by atoms with van der Waals surface area (Å²) in [6.45, 7) is 2.38. The molecule has 25 heavy (non-hydrogen) atoms. The normalized spacial score (nSPS) is 50.2. The van der Waals surface area contributed by atoms with Crippen molar-refractivity contribution >= 4 is 11.7 Å². The van der Waals surface area contributed by atoms with E-state index >= 15 is 0 Å². The average Bonchev–Trinajstić information content (AvgIpc) is 3.29. The van der Waals surface area contributed by atoms with Crippen LogP contribution in [0.15, 0.2) is 36.5 Å². The van der Waals surface area contributed by atoms with Crippen LogP contribution in [0.25, 0.3) is 0 Å². The molecule has 2 heterocycles. The molecular formula is C21H25N2O2+. The third-order valence-electron chi connectivity index (χ3n) is 8.74. The predicted molar refractivity (Wildman–Crippen MR) is 93.8 cm³/mol. The molecule has 0 radical (unpaired) electrons. The Morgan fingerprint density at radius 1 is 1.36 bits per heavy atom. The van der Waals surface area contributed by atoms with Gasteiger partial charge < -0.3 is 15.4 Å². The fraction of sp³-hybridized carbons (Fsp3) is 0.571. The lowest BCUT2D eigenvalue weighted by Gasteiger charge is -2.49. The van der Waals surface area contributed by atoms with Crippen LogP contribution in [-0.2, 0) is 14.9 Å². The number of allylic oxidation sites excluding steroid dienone is 1. The fourth-order valence-electron chi connectivity index (χ4n) is 8.26. The number of nitrogens with two attached hydrogens (primary N) is 1. The van der Waals surface area contributed by atoms with Crippen molar-refractivity contribution < 1.29 is 14.8 Å². The third-order valence-corrected chi connectivity index (χ3v) is 8.74. The summed E-state index contributed by atoms with van der Waals surface area (Å²) in [6, 6.07) is 9.43. The van der Waals surface area contributed by atoms with Crippen molar-refractivity contribution in [2.24, 2.45) is 23.2 Å². The average molecular weight is 337 g/mol. The van der Waals surface area contributed by atoms with Gasteiger partial charge >= 0.3 is 5.97 Å². The zero-order chi connectivity index (χ0) is 17.0. The lowest BCUT2D eigenvalue weighted by molar-refractivity contribution is -0.640. The second-order valence-electron chi connectivity index (χ2n) is 8.86. The highest BCUT2D eigenvalue weighted by Gasteiger charge is 2.86. The molecule has 1 aromatic carbocycles. The quantitative estimate of drug-likeness (QED) is 0.768. The van der Waals surface area contributed by atoms with Crippen molar-refractivity contribution in [3.05, 3.63) is 42.1 Å². The number of anilines is 1. The number of hydrogen-bond acceptors (Lipinski definition) is 3. The summed E-state index contributed by atoms with van der Waals surface area (Å²) in [5.74, 6) is 0.928. The number of hydrogen-bond donors (Lipinski definition) is 2. The number of methoxy groups -OCH3 is 1. The van der Waals surface area contributed by atoms with E-state index in [-0.39, 0.29) is 28.3 Å². The first kappa shape index (κ1) is 14.4. The minimum Gasteiger partial charge on any atom is -0.469 e. The summed E-state index contributed by atoms with van der Waals surface area (Å²) >= 11 is 0. The second kappa shape index (κ2) is 4.12. The Morgan fingerprint density at radius 3 is 3.04 bits per heavy atom. The number of esters is 1. The van der Waals surface area contributed by atoms with Gasteiger partial charge in [-0.05, 0) is 36.5 Å². The van der Waals surface area contributed by atoms with Crippen LogP contribution in [0.1, 0.15) is 31.7 Å². The molecule has 0 saturated heterocycles. The zero-order valence-electron chi connectivity index (χ0n) is 14.8. The molecular weight excluding hydrogens is 312 g/mol. The largest absolute Gasteiger partial charge is 0.469 e. The van der Waals surface area contributed by atoms with E-state index in [4.69, 9.17) is 4.74 Å². The summed E-state index contributed by atoms with van der Waals surface area (Å²) in [7, 11) is 1.54. The van der Waals surface area contributed by atoms with Crippen molar-refractivity contribution in [2.75, 3.05) is 12.4 Å². The van der Waals surface area contributed by atoms with Crippen molar-refractivity contribution in [2.45, 2.75) is 43.2 Å². The molecule has 6 rings (SSSR count). The van der Waals surface area contributed by atoms with Gasteiger partial charge in [-0.15, -0.1) is 0 Å². The topological polar surface area (TPSA) is 54.9 Å². The maximum Gasteiger partial charge on any atom is 0.311 e. The maximum atomic E-state index is 12.9. The molecule has 0 amide bonds. The predicted octanol–water partition coefficient (Wildman–Crippen LogP) is 1.79. The Hall–Kier alpha value is -1.81. The van der Waals surface area contributed by atoms with E-state index in [2.05, 4.69) is 54.1 Å². The molecule has 3 N–H and O–H groups in total. The third kappa shape index (κ3) is 1.19. The molecule has 5 aliphatic rings. The van der Waals surface area contributed by atoms with Gasteiger partial charge in [-0.3, -0.25) is 4.79 Å². The first-order valence-electron chi connectivity index (χ1n) is 9.60. The van der Waals surface area contributed by atoms with Gasteiger partial charge in [-0.1, -0.05) is 25.1 Å². The lowest BCUT2D eigenvalue weighted by atomic mass is 9.55. The number of rotatable bonds is 1. The summed E-state index contributed by atoms with van der Waals surface area (Å²) in [5, 5.41) is 6.37. The Labute approximate surface area is 148 Å². The zero-order valence-corrected chi connectivity index (χ0v) is 14.8. The van der Waals surface area contributed by atoms with Gasteiger partial charge in [0.05, 0.1) is 30.8 Å². The van der Waals surface area contributed by atoms with Crippen LogP contribution in [-0.4, -0.2) is 24.7 Å². The summed E-state index contributed by atoms with van der Waals surface area (Å²) in [4.78, 5) is 12.9. The smallest absolute Gasteiger partial charge is 0.311 e. The molecule has 3 aliphatic carbocycles. The van der Waals surface area contributed by atoms with E-state index < -0.39 is 0 Å². The van der Waals surface area contributed by atoms with Crippen LogP contribution in [0.5, 0.6) is 0 Å². The van der Waals surface area contributed by atoms with Crippen LogP contribution in [0.3, 0.4) is 0 Å². The van der Waals surface area contributed by atoms with Gasteiger partial charge in [0.25, 0.3) is 0 Å². The van der Waals surface area contributed by atoms with Crippen molar-refractivity contribution in [3.8, 4) is 0 Å². The number of nitrogens with one attached hydrogen (secondary N) is 1. The number of ether oxygens (including phenoxy) is 1. The second-order valence-corrected chi connectivity index (χ2v) is 8.86. The van der Waals surface area contributed by atoms with Gasteiger partial charge in [0.15, 0.2) is 0 Å². The monoisotopic (exact) mass is 337 g/mol. The first-order valence-corrected chi connectivity index (χ1v) is 9.60. The molecule has 2 bridgehead atoms. The molecule has 3 saturated carbocycles. The molecule has 0 unspecified atom stereocenters. The Balaban J connectivity index is 1.69. The molecule has 3 fully saturated rings. The summed E-state index contributed by atoms with van der Waals surface area (Å²) < 4.78 is 5.31. The van der Waals surface area contributed by atoms with Crippen LogP contribution in [0, 0.1) is 23.2 Å². The Morgan fingerprint density at radius 2 is 2.20 bits per heavy atom. The number of benzene rings is 1. The van der Waals surface area contributed by atoms with E-state index in [1.54, 1.807) is 7.11 Å². The van der Waals surface area contributed by atoms with Gasteiger partial charge in [0.1, 0.15) is 0 Å². The minimum atomic E-state index is -0.203. The molecule has 1 aromatic rings. The summed E-state index contributed by atoms with van der Waals surface area (Å²) in [5.41, 5.74) is 2.68. The lowest BCUT2D eigenvalue weighted by Crippen LogP contribution is -2.88. The van der Waals surface area contributed by atoms with Crippen LogP contribution < -0.4 is 10.6 Å². The first-order chi connectivity index (χ1) is 12.1. The maximum absolute atomic E-state index is 12.9. The SMILES string of the molecule is COC(=O)[C@@H]1C[C@]23C=C[NH2+][C@H]4CC[C@]5(c6ccccc6N[C@@]15[C@H]2C)[C@H]43. The standard InChI is InChI=1S/C21H24N2O2/c1-12-19-9-10-22-16-7-8-20(17(16)19)13-5-3-4-6-15(13)23-21(12,20)14(11-19)18(24)25-2/h3-6,9-10,12,14,16-17,22-23H,7-8,11H2,1-2H3/p+1/t12-,14-,16-,17+,19+,20-,21-/m0/s1. The number of para-hydroxylation sites is 1. The number of fused-ring (bicyclic) bond motifs is 1. The van der Waals surface area contributed by atoms with Crippen molar-refractivity contribution in [1.82, 2.24) is 0 Å². The number of carbonyl (C=O) groups is 1. The molecule has 4 nitrogen and oxygen atoms in total. The number of quaternary nitrogens is 1. The fourth-order valence-corrected chi connectivity index (χ4v) is 8.26. The highest BCUT2D eigenvalue weighted by atomic mass is 16.5.